The van der Waals surface area contributed by atoms with Crippen LogP contribution < -0.4 is 0 Å². The van der Waals surface area contributed by atoms with Crippen LogP contribution in [0.3, 0.4) is 0 Å². The van der Waals surface area contributed by atoms with E-state index in [0.717, 1.165) is 4.90 Å². The highest BCUT2D eigenvalue weighted by atomic mass is 32.2. The molecule has 3 heteroatoms. The lowest BCUT2D eigenvalue weighted by molar-refractivity contribution is 0.496. The quantitative estimate of drug-likeness (QED) is 0.642. The van der Waals surface area contributed by atoms with Gasteiger partial charge in [0.1, 0.15) is 0 Å². The maximum atomic E-state index is 13.1. The van der Waals surface area contributed by atoms with Crippen molar-refractivity contribution in [2.75, 3.05) is 6.26 Å². The minimum absolute atomic E-state index is 0.475. The second kappa shape index (κ2) is 3.90. The van der Waals surface area contributed by atoms with Gasteiger partial charge in [0, 0.05) is 10.5 Å². The molecule has 66 valence electrons. The Bertz CT molecular complexity index is 284. The van der Waals surface area contributed by atoms with Crippen molar-refractivity contribution in [2.45, 2.75) is 18.2 Å². The predicted molar refractivity (Wildman–Crippen MR) is 47.5 cm³/mol. The van der Waals surface area contributed by atoms with Crippen LogP contribution in [0.5, 0.6) is 0 Å². The smallest absolute Gasteiger partial charge is 0.163 e. The van der Waals surface area contributed by atoms with Gasteiger partial charge in [0.15, 0.2) is 11.6 Å². The lowest BCUT2D eigenvalue weighted by Gasteiger charge is -2.05. The number of rotatable bonds is 2. The second-order valence-corrected chi connectivity index (χ2v) is 3.24. The predicted octanol–water partition coefficient (Wildman–Crippen LogP) is 3.25. The molecule has 0 nitrogen and oxygen atoms in total. The van der Waals surface area contributed by atoms with E-state index in [2.05, 4.69) is 0 Å². The zero-order valence-corrected chi connectivity index (χ0v) is 7.84. The topological polar surface area (TPSA) is 0 Å². The van der Waals surface area contributed by atoms with Crippen molar-refractivity contribution in [3.63, 3.8) is 0 Å². The van der Waals surface area contributed by atoms with E-state index in [4.69, 9.17) is 0 Å². The van der Waals surface area contributed by atoms with Gasteiger partial charge in [0.2, 0.25) is 0 Å². The zero-order chi connectivity index (χ0) is 9.14. The molecule has 0 heterocycles. The third-order valence-corrected chi connectivity index (χ3v) is 2.55. The fourth-order valence-electron chi connectivity index (χ4n) is 1.10. The van der Waals surface area contributed by atoms with Crippen LogP contribution in [-0.4, -0.2) is 6.26 Å². The molecule has 0 N–H and O–H groups in total. The zero-order valence-electron chi connectivity index (χ0n) is 7.03. The summed E-state index contributed by atoms with van der Waals surface area (Å²) >= 11 is 1.44. The Hall–Kier alpha value is -0.570. The first-order valence-corrected chi connectivity index (χ1v) is 4.94. The highest BCUT2D eigenvalue weighted by Crippen LogP contribution is 2.24. The monoisotopic (exact) mass is 188 g/mol. The second-order valence-electron chi connectivity index (χ2n) is 2.40. The molecule has 0 aromatic heterocycles. The van der Waals surface area contributed by atoms with Crippen LogP contribution in [0.1, 0.15) is 12.5 Å². The van der Waals surface area contributed by atoms with E-state index in [9.17, 15) is 8.78 Å². The van der Waals surface area contributed by atoms with Crippen LogP contribution >= 0.6 is 11.8 Å². The summed E-state index contributed by atoms with van der Waals surface area (Å²) in [6.07, 6.45) is 2.38. The molecule has 0 radical (unpaired) electrons. The van der Waals surface area contributed by atoms with Gasteiger partial charge in [0.05, 0.1) is 0 Å². The summed E-state index contributed by atoms with van der Waals surface area (Å²) in [5, 5.41) is 0. The summed E-state index contributed by atoms with van der Waals surface area (Å²) in [5.41, 5.74) is 0.475. The minimum Gasteiger partial charge on any atom is -0.204 e. The van der Waals surface area contributed by atoms with Crippen LogP contribution in [0.25, 0.3) is 0 Å². The summed E-state index contributed by atoms with van der Waals surface area (Å²) in [6.45, 7) is 1.82. The fourth-order valence-corrected chi connectivity index (χ4v) is 1.78. The van der Waals surface area contributed by atoms with Crippen molar-refractivity contribution >= 4 is 11.8 Å². The largest absolute Gasteiger partial charge is 0.204 e. The van der Waals surface area contributed by atoms with Gasteiger partial charge in [-0.05, 0) is 24.8 Å². The highest BCUT2D eigenvalue weighted by Gasteiger charge is 2.10. The van der Waals surface area contributed by atoms with Crippen molar-refractivity contribution < 1.29 is 8.78 Å². The Morgan fingerprint density at radius 1 is 1.33 bits per heavy atom. The van der Waals surface area contributed by atoms with Gasteiger partial charge in [-0.3, -0.25) is 0 Å². The summed E-state index contributed by atoms with van der Waals surface area (Å²) in [6, 6.07) is 2.78. The fraction of sp³-hybridized carbons (Fsp3) is 0.333. The minimum atomic E-state index is -0.760. The third kappa shape index (κ3) is 1.61. The van der Waals surface area contributed by atoms with Crippen molar-refractivity contribution in [2.24, 2.45) is 0 Å². The molecule has 0 bridgehead atoms. The average Bonchev–Trinajstić information content (AvgIpc) is 2.09. The SMILES string of the molecule is CCc1c(SC)ccc(F)c1F. The van der Waals surface area contributed by atoms with Crippen LogP contribution in [0.2, 0.25) is 0 Å². The van der Waals surface area contributed by atoms with E-state index >= 15 is 0 Å². The molecular formula is C9H10F2S. The van der Waals surface area contributed by atoms with Crippen molar-refractivity contribution in [3.8, 4) is 0 Å². The summed E-state index contributed by atoms with van der Waals surface area (Å²) in [5.74, 6) is -1.46. The van der Waals surface area contributed by atoms with Crippen LogP contribution in [0.4, 0.5) is 8.78 Å². The molecular weight excluding hydrogens is 178 g/mol. The number of halogens is 2. The first-order chi connectivity index (χ1) is 5.70. The number of hydrogen-bond donors (Lipinski definition) is 0. The highest BCUT2D eigenvalue weighted by molar-refractivity contribution is 7.98. The van der Waals surface area contributed by atoms with Gasteiger partial charge in [-0.1, -0.05) is 6.92 Å². The van der Waals surface area contributed by atoms with Crippen molar-refractivity contribution in [1.82, 2.24) is 0 Å². The van der Waals surface area contributed by atoms with E-state index in [1.54, 1.807) is 6.07 Å². The molecule has 0 saturated carbocycles. The maximum absolute atomic E-state index is 13.1. The Labute approximate surface area is 75.0 Å². The van der Waals surface area contributed by atoms with Crippen molar-refractivity contribution in [1.29, 1.82) is 0 Å². The average molecular weight is 188 g/mol. The van der Waals surface area contributed by atoms with E-state index < -0.39 is 11.6 Å². The molecule has 1 aromatic rings. The van der Waals surface area contributed by atoms with Crippen LogP contribution in [0.15, 0.2) is 17.0 Å². The molecule has 0 fully saturated rings. The number of thioether (sulfide) groups is 1. The van der Waals surface area contributed by atoms with Gasteiger partial charge in [-0.2, -0.15) is 0 Å². The first kappa shape index (κ1) is 9.52. The lowest BCUT2D eigenvalue weighted by atomic mass is 10.1. The molecule has 1 rings (SSSR count). The summed E-state index contributed by atoms with van der Waals surface area (Å²) in [4.78, 5) is 0.816. The molecule has 0 aliphatic carbocycles. The Morgan fingerprint density at radius 2 is 2.00 bits per heavy atom. The van der Waals surface area contributed by atoms with E-state index in [0.29, 0.717) is 12.0 Å². The first-order valence-electron chi connectivity index (χ1n) is 3.71. The van der Waals surface area contributed by atoms with Gasteiger partial charge in [-0.25, -0.2) is 8.78 Å². The van der Waals surface area contributed by atoms with Gasteiger partial charge in [0.25, 0.3) is 0 Å². The Balaban J connectivity index is 3.25. The molecule has 1 aromatic carbocycles. The number of benzene rings is 1. The molecule has 0 saturated heterocycles. The van der Waals surface area contributed by atoms with E-state index in [-0.39, 0.29) is 0 Å². The van der Waals surface area contributed by atoms with Gasteiger partial charge >= 0.3 is 0 Å². The molecule has 12 heavy (non-hydrogen) atoms. The number of hydrogen-bond acceptors (Lipinski definition) is 1. The summed E-state index contributed by atoms with van der Waals surface area (Å²) in [7, 11) is 0. The maximum Gasteiger partial charge on any atom is 0.163 e. The van der Waals surface area contributed by atoms with Crippen molar-refractivity contribution in [3.05, 3.63) is 29.3 Å². The van der Waals surface area contributed by atoms with Crippen LogP contribution in [-0.2, 0) is 6.42 Å². The normalized spacial score (nSPS) is 10.3. The Morgan fingerprint density at radius 3 is 2.50 bits per heavy atom. The molecule has 0 aliphatic rings. The van der Waals surface area contributed by atoms with Gasteiger partial charge in [-0.15, -0.1) is 11.8 Å². The van der Waals surface area contributed by atoms with Gasteiger partial charge < -0.3 is 0 Å². The Kier molecular flexibility index (Phi) is 3.09. The standard InChI is InChI=1S/C9H10F2S/c1-3-6-8(12-2)5-4-7(10)9(6)11/h4-5H,3H2,1-2H3. The van der Waals surface area contributed by atoms with E-state index in [1.165, 1.54) is 17.8 Å². The van der Waals surface area contributed by atoms with E-state index in [1.807, 2.05) is 13.2 Å². The molecule has 0 unspecified atom stereocenters. The molecule has 0 amide bonds. The summed E-state index contributed by atoms with van der Waals surface area (Å²) < 4.78 is 25.8. The molecule has 0 aliphatic heterocycles. The lowest BCUT2D eigenvalue weighted by Crippen LogP contribution is -1.94. The van der Waals surface area contributed by atoms with Crippen LogP contribution in [0, 0.1) is 11.6 Å². The third-order valence-electron chi connectivity index (χ3n) is 1.73. The molecule has 0 atom stereocenters. The molecule has 0 spiro atoms.